The molecule has 4 nitrogen and oxygen atoms in total. The minimum absolute atomic E-state index is 0.625. The molecule has 0 bridgehead atoms. The minimum atomic E-state index is -0.625. The second-order valence-electron chi connectivity index (χ2n) is 16.5. The summed E-state index contributed by atoms with van der Waals surface area (Å²) in [5.41, 5.74) is 18.7. The predicted octanol–water partition coefficient (Wildman–Crippen LogP) is 14.7. The maximum Gasteiger partial charge on any atom is 0.235 e. The molecule has 0 fully saturated rings. The molecule has 0 saturated carbocycles. The Hall–Kier alpha value is -8.34. The number of anilines is 3. The monoisotopic (exact) mass is 802 g/mol. The molecule has 0 atom stereocenters. The van der Waals surface area contributed by atoms with Gasteiger partial charge in [0.1, 0.15) is 0 Å². The van der Waals surface area contributed by atoms with E-state index in [1.807, 2.05) is 12.1 Å². The summed E-state index contributed by atoms with van der Waals surface area (Å²) in [6.45, 7) is 0. The molecule has 11 aromatic rings. The van der Waals surface area contributed by atoms with Crippen LogP contribution in [0.5, 0.6) is 0 Å². The van der Waals surface area contributed by atoms with E-state index in [2.05, 4.69) is 228 Å². The van der Waals surface area contributed by atoms with Crippen molar-refractivity contribution in [3.05, 3.63) is 253 Å². The van der Waals surface area contributed by atoms with Crippen LogP contribution in [0.3, 0.4) is 0 Å². The van der Waals surface area contributed by atoms with Crippen LogP contribution in [0.4, 0.5) is 17.3 Å². The van der Waals surface area contributed by atoms with Crippen molar-refractivity contribution in [3.63, 3.8) is 0 Å². The van der Waals surface area contributed by atoms with E-state index in [-0.39, 0.29) is 0 Å². The van der Waals surface area contributed by atoms with Crippen LogP contribution in [-0.4, -0.2) is 14.5 Å². The normalized spacial score (nSPS) is 13.2. The lowest BCUT2D eigenvalue weighted by Gasteiger charge is -2.44. The van der Waals surface area contributed by atoms with Gasteiger partial charge in [0.2, 0.25) is 5.95 Å². The average Bonchev–Trinajstić information content (AvgIpc) is 3.86. The summed E-state index contributed by atoms with van der Waals surface area (Å²) in [6, 6.07) is 83.2. The highest BCUT2D eigenvalue weighted by Gasteiger charge is 2.52. The predicted molar refractivity (Wildman–Crippen MR) is 258 cm³/mol. The van der Waals surface area contributed by atoms with Gasteiger partial charge in [-0.2, -0.15) is 0 Å². The van der Waals surface area contributed by atoms with E-state index in [4.69, 9.17) is 9.97 Å². The molecule has 0 N–H and O–H groups in total. The van der Waals surface area contributed by atoms with E-state index in [1.54, 1.807) is 0 Å². The largest absolute Gasteiger partial charge is 0.309 e. The van der Waals surface area contributed by atoms with Gasteiger partial charge in [-0.05, 0) is 87.0 Å². The fraction of sp³-hybridized carbons (Fsp3) is 0.0169. The second kappa shape index (κ2) is 13.8. The van der Waals surface area contributed by atoms with Gasteiger partial charge in [0.15, 0.2) is 0 Å². The Kier molecular flexibility index (Phi) is 7.79. The van der Waals surface area contributed by atoms with Gasteiger partial charge < -0.3 is 4.57 Å². The van der Waals surface area contributed by atoms with Crippen molar-refractivity contribution < 1.29 is 0 Å². The number of hydrogen-bond acceptors (Lipinski definition) is 3. The first kappa shape index (κ1) is 35.4. The quantitative estimate of drug-likeness (QED) is 0.174. The third-order valence-corrected chi connectivity index (χ3v) is 13.2. The molecule has 13 rings (SSSR count). The van der Waals surface area contributed by atoms with Gasteiger partial charge in [-0.1, -0.05) is 188 Å². The topological polar surface area (TPSA) is 34.0 Å². The van der Waals surface area contributed by atoms with Crippen LogP contribution in [0.2, 0.25) is 0 Å². The van der Waals surface area contributed by atoms with Crippen molar-refractivity contribution in [1.82, 2.24) is 14.5 Å². The molecular weight excluding hydrogens is 765 g/mol. The Morgan fingerprint density at radius 2 is 0.905 bits per heavy atom. The molecule has 2 aromatic heterocycles. The van der Waals surface area contributed by atoms with Crippen molar-refractivity contribution in [2.24, 2.45) is 0 Å². The molecule has 0 saturated heterocycles. The number of aromatic nitrogens is 3. The van der Waals surface area contributed by atoms with Crippen LogP contribution in [0.15, 0.2) is 231 Å². The first-order valence-corrected chi connectivity index (χ1v) is 21.6. The smallest absolute Gasteiger partial charge is 0.235 e. The van der Waals surface area contributed by atoms with Crippen LogP contribution in [0, 0.1) is 0 Å². The van der Waals surface area contributed by atoms with Crippen LogP contribution in [-0.2, 0) is 5.41 Å². The molecular formula is C59H38N4. The molecule has 1 spiro atoms. The van der Waals surface area contributed by atoms with E-state index in [1.165, 1.54) is 66.3 Å². The molecule has 0 unspecified atom stereocenters. The fourth-order valence-electron chi connectivity index (χ4n) is 10.6. The van der Waals surface area contributed by atoms with Gasteiger partial charge in [-0.3, -0.25) is 4.90 Å². The SMILES string of the molecule is c1ccc(-c2cccc(-n3c4ccccc4c4c5c(ccc43)C3(c4ccccc4-5)c4ccccc4N(c4nc(-c5ccccc5)cc(-c5ccccc5)n4)c4ccccc43)c2)cc1. The van der Waals surface area contributed by atoms with Gasteiger partial charge in [-0.25, -0.2) is 9.97 Å². The fourth-order valence-corrected chi connectivity index (χ4v) is 10.6. The number of para-hydroxylation sites is 3. The van der Waals surface area contributed by atoms with Crippen molar-refractivity contribution in [1.29, 1.82) is 0 Å². The highest BCUT2D eigenvalue weighted by Crippen LogP contribution is 2.64. The summed E-state index contributed by atoms with van der Waals surface area (Å²) >= 11 is 0. The highest BCUT2D eigenvalue weighted by molar-refractivity contribution is 6.19. The van der Waals surface area contributed by atoms with Crippen LogP contribution >= 0.6 is 0 Å². The maximum absolute atomic E-state index is 5.40. The lowest BCUT2D eigenvalue weighted by molar-refractivity contribution is 0.750. The Morgan fingerprint density at radius 1 is 0.365 bits per heavy atom. The molecule has 9 aromatic carbocycles. The van der Waals surface area contributed by atoms with Crippen molar-refractivity contribution in [2.75, 3.05) is 4.90 Å². The summed E-state index contributed by atoms with van der Waals surface area (Å²) in [5.74, 6) is 0.632. The molecule has 0 radical (unpaired) electrons. The van der Waals surface area contributed by atoms with Crippen molar-refractivity contribution in [3.8, 4) is 50.5 Å². The average molecular weight is 803 g/mol. The molecule has 4 heteroatoms. The summed E-state index contributed by atoms with van der Waals surface area (Å²) < 4.78 is 2.46. The molecule has 2 aliphatic rings. The number of nitrogens with zero attached hydrogens (tertiary/aromatic N) is 4. The summed E-state index contributed by atoms with van der Waals surface area (Å²) in [4.78, 5) is 13.1. The standard InChI is InChI=1S/C59H38N4/c1-4-19-39(20-5-1)42-25-18-26-43(37-42)62-52-32-15-11-28-45(52)57-55(62)36-35-49-56(57)44-27-10-12-29-46(44)59(49)47-30-13-16-33-53(47)63(54-34-17-14-31-48(54)59)58-60-50(40-21-6-2-7-22-40)38-51(61-58)41-23-8-3-9-24-41/h1-38H. The highest BCUT2D eigenvalue weighted by atomic mass is 15.3. The second-order valence-corrected chi connectivity index (χ2v) is 16.5. The summed E-state index contributed by atoms with van der Waals surface area (Å²) in [5, 5.41) is 2.50. The van der Waals surface area contributed by atoms with Crippen LogP contribution < -0.4 is 4.90 Å². The summed E-state index contributed by atoms with van der Waals surface area (Å²) in [7, 11) is 0. The lowest BCUT2D eigenvalue weighted by Crippen LogP contribution is -2.36. The van der Waals surface area contributed by atoms with E-state index in [9.17, 15) is 0 Å². The number of rotatable bonds is 5. The van der Waals surface area contributed by atoms with E-state index < -0.39 is 5.41 Å². The van der Waals surface area contributed by atoms with E-state index in [0.717, 1.165) is 39.6 Å². The lowest BCUT2D eigenvalue weighted by atomic mass is 9.64. The zero-order valence-electron chi connectivity index (χ0n) is 34.2. The summed E-state index contributed by atoms with van der Waals surface area (Å²) in [6.07, 6.45) is 0. The van der Waals surface area contributed by atoms with Gasteiger partial charge in [0.25, 0.3) is 0 Å². The van der Waals surface area contributed by atoms with Gasteiger partial charge >= 0.3 is 0 Å². The Labute approximate surface area is 365 Å². The maximum atomic E-state index is 5.40. The van der Waals surface area contributed by atoms with Gasteiger partial charge in [-0.15, -0.1) is 0 Å². The van der Waals surface area contributed by atoms with Crippen molar-refractivity contribution >= 4 is 39.1 Å². The molecule has 3 heterocycles. The zero-order valence-corrected chi connectivity index (χ0v) is 34.2. The molecule has 294 valence electrons. The zero-order chi connectivity index (χ0) is 41.5. The third-order valence-electron chi connectivity index (χ3n) is 13.2. The van der Waals surface area contributed by atoms with E-state index in [0.29, 0.717) is 5.95 Å². The van der Waals surface area contributed by atoms with Gasteiger partial charge in [0, 0.05) is 27.6 Å². The number of fused-ring (bicyclic) bond motifs is 13. The molecule has 1 aliphatic carbocycles. The first-order valence-electron chi connectivity index (χ1n) is 21.6. The van der Waals surface area contributed by atoms with Crippen molar-refractivity contribution in [2.45, 2.75) is 5.41 Å². The Balaban J connectivity index is 1.09. The Morgan fingerprint density at radius 3 is 1.57 bits per heavy atom. The van der Waals surface area contributed by atoms with E-state index >= 15 is 0 Å². The molecule has 1 aliphatic heterocycles. The number of hydrogen-bond donors (Lipinski definition) is 0. The first-order chi connectivity index (χ1) is 31.3. The number of benzene rings is 9. The minimum Gasteiger partial charge on any atom is -0.309 e. The Bertz CT molecular complexity index is 3470. The molecule has 0 amide bonds. The van der Waals surface area contributed by atoms with Gasteiger partial charge in [0.05, 0.1) is 39.2 Å². The van der Waals surface area contributed by atoms with Crippen LogP contribution in [0.1, 0.15) is 22.3 Å². The third kappa shape index (κ3) is 5.16. The molecule has 63 heavy (non-hydrogen) atoms. The van der Waals surface area contributed by atoms with Crippen LogP contribution in [0.25, 0.3) is 72.3 Å².